The minimum Gasteiger partial charge on any atom is -0.836 e. The third-order valence-electron chi connectivity index (χ3n) is 3.86. The van der Waals surface area contributed by atoms with Gasteiger partial charge in [-0.3, -0.25) is 4.79 Å². The minimum atomic E-state index is -0.912. The van der Waals surface area contributed by atoms with Gasteiger partial charge < -0.3 is 9.84 Å². The van der Waals surface area contributed by atoms with Gasteiger partial charge in [0.25, 0.3) is 5.69 Å². The molecule has 29 heavy (non-hydrogen) atoms. The van der Waals surface area contributed by atoms with Gasteiger partial charge in [0, 0.05) is 5.56 Å². The highest BCUT2D eigenvalue weighted by molar-refractivity contribution is 5.95. The number of hydrogen-bond acceptors (Lipinski definition) is 6. The van der Waals surface area contributed by atoms with Crippen LogP contribution in [0, 0.1) is 5.82 Å². The zero-order valence-corrected chi connectivity index (χ0v) is 15.5. The molecule has 1 aromatic heterocycles. The molecule has 0 fully saturated rings. The van der Waals surface area contributed by atoms with Gasteiger partial charge in [0.1, 0.15) is 11.0 Å². The van der Waals surface area contributed by atoms with Crippen molar-refractivity contribution >= 4 is 18.0 Å². The largest absolute Gasteiger partial charge is 0.836 e. The first-order valence-electron chi connectivity index (χ1n) is 8.75. The van der Waals surface area contributed by atoms with Crippen LogP contribution >= 0.6 is 0 Å². The predicted octanol–water partition coefficient (Wildman–Crippen LogP) is 1.33. The van der Waals surface area contributed by atoms with E-state index in [0.29, 0.717) is 15.9 Å². The van der Waals surface area contributed by atoms with Gasteiger partial charge in [-0.15, -0.1) is 4.68 Å². The summed E-state index contributed by atoms with van der Waals surface area (Å²) in [6.07, 6.45) is 1.22. The first kappa shape index (κ1) is 19.9. The van der Waals surface area contributed by atoms with Crippen molar-refractivity contribution in [1.29, 1.82) is 0 Å². The van der Waals surface area contributed by atoms with Crippen molar-refractivity contribution in [2.75, 3.05) is 6.61 Å². The van der Waals surface area contributed by atoms with Crippen LogP contribution in [0.3, 0.4) is 0 Å². The van der Waals surface area contributed by atoms with Gasteiger partial charge in [-0.1, -0.05) is 47.6 Å². The molecule has 0 N–H and O–H groups in total. The maximum Gasteiger partial charge on any atom is 0.383 e. The fraction of sp³-hybridized carbons (Fsp3) is 0.150. The second-order valence-electron chi connectivity index (χ2n) is 5.90. The topological polar surface area (TPSA) is 100 Å². The molecule has 0 saturated heterocycles. The molecule has 3 aromatic rings. The molecule has 0 aliphatic carbocycles. The van der Waals surface area contributed by atoms with Crippen molar-refractivity contribution in [2.24, 2.45) is 5.10 Å². The summed E-state index contributed by atoms with van der Waals surface area (Å²) in [5.41, 5.74) is 0.372. The van der Waals surface area contributed by atoms with Crippen LogP contribution < -0.4 is 9.79 Å². The summed E-state index contributed by atoms with van der Waals surface area (Å²) in [5, 5.41) is 20.4. The Kier molecular flexibility index (Phi) is 6.08. The maximum absolute atomic E-state index is 13.3. The zero-order chi connectivity index (χ0) is 20.8. The van der Waals surface area contributed by atoms with Gasteiger partial charge in [-0.25, -0.2) is 9.18 Å². The quantitative estimate of drug-likeness (QED) is 0.260. The molecule has 2 aromatic carbocycles. The monoisotopic (exact) mass is 396 g/mol. The number of Topliss-reactive ketones (excluding diaryl/α,β-unsaturated/α-hetero) is 1. The van der Waals surface area contributed by atoms with Crippen LogP contribution in [0.5, 0.6) is 5.88 Å². The Balaban J connectivity index is 1.95. The Morgan fingerprint density at radius 2 is 2.00 bits per heavy atom. The molecule has 1 heterocycles. The van der Waals surface area contributed by atoms with Gasteiger partial charge in [0.05, 0.1) is 12.8 Å². The summed E-state index contributed by atoms with van der Waals surface area (Å²) in [4.78, 5) is 25.4. The summed E-state index contributed by atoms with van der Waals surface area (Å²) >= 11 is 0. The second kappa shape index (κ2) is 8.87. The van der Waals surface area contributed by atoms with Crippen LogP contribution in [0.1, 0.15) is 33.3 Å². The summed E-state index contributed by atoms with van der Waals surface area (Å²) in [6, 6.07) is 14.0. The number of rotatable bonds is 7. The minimum absolute atomic E-state index is 0.0443. The molecular formula is C20H17FN4O4. The van der Waals surface area contributed by atoms with E-state index < -0.39 is 23.4 Å². The van der Waals surface area contributed by atoms with Crippen LogP contribution in [0.25, 0.3) is 0 Å². The summed E-state index contributed by atoms with van der Waals surface area (Å²) in [5.74, 6) is -2.57. The fourth-order valence-corrected chi connectivity index (χ4v) is 2.53. The highest BCUT2D eigenvalue weighted by Gasteiger charge is 2.29. The number of esters is 1. The number of ketones is 1. The average Bonchev–Trinajstić information content (AvgIpc) is 3.02. The molecule has 0 saturated carbocycles. The second-order valence-corrected chi connectivity index (χ2v) is 5.90. The average molecular weight is 396 g/mol. The van der Waals surface area contributed by atoms with Crippen LogP contribution in [0.15, 0.2) is 59.7 Å². The molecule has 3 rings (SSSR count). The van der Waals surface area contributed by atoms with E-state index in [1.165, 1.54) is 24.4 Å². The number of carbonyl (C=O) groups excluding carboxylic acids is 2. The normalized spacial score (nSPS) is 11.0. The van der Waals surface area contributed by atoms with Crippen LogP contribution in [0.4, 0.5) is 4.39 Å². The molecule has 0 unspecified atom stereocenters. The molecule has 0 aliphatic heterocycles. The van der Waals surface area contributed by atoms with Gasteiger partial charge in [0.2, 0.25) is 5.78 Å². The number of carbonyl (C=O) groups is 2. The van der Waals surface area contributed by atoms with Crippen molar-refractivity contribution in [3.63, 3.8) is 0 Å². The summed E-state index contributed by atoms with van der Waals surface area (Å²) < 4.78 is 19.1. The first-order chi connectivity index (χ1) is 14.0. The predicted molar refractivity (Wildman–Crippen MR) is 98.0 cm³/mol. The fourth-order valence-electron chi connectivity index (χ4n) is 2.53. The van der Waals surface area contributed by atoms with E-state index in [0.717, 1.165) is 4.68 Å². The van der Waals surface area contributed by atoms with Gasteiger partial charge >= 0.3 is 5.97 Å². The first-order valence-corrected chi connectivity index (χ1v) is 8.75. The van der Waals surface area contributed by atoms with Crippen LogP contribution in [-0.4, -0.2) is 34.6 Å². The van der Waals surface area contributed by atoms with Crippen molar-refractivity contribution in [2.45, 2.75) is 13.5 Å². The number of ether oxygens (including phenoxy) is 1. The molecule has 0 amide bonds. The lowest BCUT2D eigenvalue weighted by Gasteiger charge is -2.03. The standard InChI is InChI=1S/C20H17FN4O4/c1-2-29-20(28)18-19(27)25(22-12-14-7-6-10-16(21)11-14)23-24(18)13-17(26)15-8-4-3-5-9-15/h3-12H,2,13H2,1H3/b22-12+. The molecule has 0 atom stereocenters. The Bertz CT molecular complexity index is 1060. The van der Waals surface area contributed by atoms with E-state index in [4.69, 9.17) is 4.74 Å². The lowest BCUT2D eigenvalue weighted by atomic mass is 10.1. The Morgan fingerprint density at radius 3 is 2.69 bits per heavy atom. The van der Waals surface area contributed by atoms with Gasteiger partial charge in [0.15, 0.2) is 12.4 Å². The van der Waals surface area contributed by atoms with Crippen molar-refractivity contribution < 1.29 is 28.5 Å². The molecule has 148 valence electrons. The molecule has 8 nitrogen and oxygen atoms in total. The summed E-state index contributed by atoms with van der Waals surface area (Å²) in [7, 11) is 0. The summed E-state index contributed by atoms with van der Waals surface area (Å²) in [6.45, 7) is 1.28. The van der Waals surface area contributed by atoms with E-state index >= 15 is 0 Å². The molecule has 0 bridgehead atoms. The maximum atomic E-state index is 13.3. The number of nitrogens with zero attached hydrogens (tertiary/aromatic N) is 4. The van der Waals surface area contributed by atoms with E-state index in [1.807, 2.05) is 0 Å². The number of hydrogen-bond donors (Lipinski definition) is 0. The molecular weight excluding hydrogens is 379 g/mol. The third kappa shape index (κ3) is 4.70. The van der Waals surface area contributed by atoms with Gasteiger partial charge in [-0.05, 0) is 29.4 Å². The molecule has 0 aliphatic rings. The smallest absolute Gasteiger partial charge is 0.383 e. The van der Waals surface area contributed by atoms with Gasteiger partial charge in [-0.2, -0.15) is 0 Å². The highest BCUT2D eigenvalue weighted by Crippen LogP contribution is 2.11. The number of halogens is 1. The van der Waals surface area contributed by atoms with E-state index in [-0.39, 0.29) is 18.9 Å². The number of benzene rings is 2. The van der Waals surface area contributed by atoms with Crippen LogP contribution in [-0.2, 0) is 11.3 Å². The van der Waals surface area contributed by atoms with E-state index in [9.17, 15) is 19.1 Å². The Hall–Kier alpha value is -3.88. The van der Waals surface area contributed by atoms with Crippen molar-refractivity contribution in [3.05, 3.63) is 77.2 Å². The molecule has 0 spiro atoms. The van der Waals surface area contributed by atoms with E-state index in [1.54, 1.807) is 43.3 Å². The SMILES string of the molecule is CCOC(=O)c1c([O-])n(/N=C/c2cccc(F)c2)n[n+]1CC(=O)c1ccccc1. The zero-order valence-electron chi connectivity index (χ0n) is 15.5. The van der Waals surface area contributed by atoms with Crippen molar-refractivity contribution in [3.8, 4) is 5.88 Å². The van der Waals surface area contributed by atoms with Crippen molar-refractivity contribution in [1.82, 2.24) is 10.0 Å². The highest BCUT2D eigenvalue weighted by atomic mass is 19.1. The molecule has 9 heteroatoms. The lowest BCUT2D eigenvalue weighted by Crippen LogP contribution is -2.45. The van der Waals surface area contributed by atoms with Crippen LogP contribution in [0.2, 0.25) is 0 Å². The lowest BCUT2D eigenvalue weighted by molar-refractivity contribution is -0.745. The Labute approximate surface area is 165 Å². The third-order valence-corrected chi connectivity index (χ3v) is 3.86. The number of aromatic nitrogens is 3. The molecule has 0 radical (unpaired) electrons. The Morgan fingerprint density at radius 1 is 1.24 bits per heavy atom. The van der Waals surface area contributed by atoms with E-state index in [2.05, 4.69) is 10.3 Å².